The fourth-order valence-corrected chi connectivity index (χ4v) is 1.82. The first kappa shape index (κ1) is 14.0. The Morgan fingerprint density at radius 3 is 2.33 bits per heavy atom. The minimum Gasteiger partial charge on any atom is -0.507 e. The Balaban J connectivity index is 3.65. The Labute approximate surface area is 107 Å². The summed E-state index contributed by atoms with van der Waals surface area (Å²) in [5, 5.41) is 10.2. The van der Waals surface area contributed by atoms with Gasteiger partial charge < -0.3 is 10.1 Å². The lowest BCUT2D eigenvalue weighted by Crippen LogP contribution is -2.25. The molecule has 0 fully saturated rings. The molecule has 0 unspecified atom stereocenters. The molecule has 1 heterocycles. The van der Waals surface area contributed by atoms with E-state index >= 15 is 0 Å². The van der Waals surface area contributed by atoms with Crippen LogP contribution in [0.2, 0.25) is 0 Å². The van der Waals surface area contributed by atoms with Gasteiger partial charge in [-0.25, -0.2) is 0 Å². The zero-order chi connectivity index (χ0) is 13.9. The van der Waals surface area contributed by atoms with Crippen molar-refractivity contribution in [3.63, 3.8) is 0 Å². The van der Waals surface area contributed by atoms with E-state index in [1.807, 2.05) is 20.8 Å². The third kappa shape index (κ3) is 2.62. The Kier molecular flexibility index (Phi) is 3.96. The number of aromatic amines is 1. The number of aromatic nitrogens is 1. The number of H-pyrrole nitrogens is 1. The van der Waals surface area contributed by atoms with Gasteiger partial charge in [0.15, 0.2) is 0 Å². The lowest BCUT2D eigenvalue weighted by Gasteiger charge is -2.21. The number of aromatic hydroxyl groups is 1. The van der Waals surface area contributed by atoms with E-state index in [0.29, 0.717) is 16.8 Å². The standard InChI is InChI=1S/C15H19NO2/c1-6-8-9-11-10(7-2)13(17)12(14(18)16-11)15(3,4)5/h6-9H,1-2H2,3-5H3,(H2,16,17,18)/b9-8-. The summed E-state index contributed by atoms with van der Waals surface area (Å²) in [4.78, 5) is 14.8. The molecular formula is C15H19NO2. The Morgan fingerprint density at radius 1 is 1.28 bits per heavy atom. The third-order valence-electron chi connectivity index (χ3n) is 2.61. The van der Waals surface area contributed by atoms with Crippen LogP contribution in [0.5, 0.6) is 5.75 Å². The molecule has 1 rings (SSSR count). The maximum atomic E-state index is 12.0. The second kappa shape index (κ2) is 5.08. The van der Waals surface area contributed by atoms with Crippen molar-refractivity contribution in [3.05, 3.63) is 52.5 Å². The third-order valence-corrected chi connectivity index (χ3v) is 2.61. The highest BCUT2D eigenvalue weighted by Gasteiger charge is 2.24. The Morgan fingerprint density at radius 2 is 1.89 bits per heavy atom. The number of rotatable bonds is 3. The molecule has 0 saturated heterocycles. The fourth-order valence-electron chi connectivity index (χ4n) is 1.82. The summed E-state index contributed by atoms with van der Waals surface area (Å²) in [5.74, 6) is -0.00929. The van der Waals surface area contributed by atoms with Gasteiger partial charge in [0.25, 0.3) is 5.56 Å². The molecule has 3 heteroatoms. The van der Waals surface area contributed by atoms with Crippen molar-refractivity contribution in [2.24, 2.45) is 0 Å². The smallest absolute Gasteiger partial charge is 0.255 e. The van der Waals surface area contributed by atoms with Crippen LogP contribution in [-0.2, 0) is 5.41 Å². The Bertz CT molecular complexity index is 557. The number of pyridine rings is 1. The highest BCUT2D eigenvalue weighted by atomic mass is 16.3. The molecule has 2 N–H and O–H groups in total. The zero-order valence-electron chi connectivity index (χ0n) is 11.1. The van der Waals surface area contributed by atoms with E-state index in [-0.39, 0.29) is 11.3 Å². The molecule has 1 aromatic heterocycles. The number of allylic oxidation sites excluding steroid dienone is 2. The molecule has 0 aliphatic rings. The van der Waals surface area contributed by atoms with E-state index in [2.05, 4.69) is 18.1 Å². The summed E-state index contributed by atoms with van der Waals surface area (Å²) in [5.41, 5.74) is 0.705. The van der Waals surface area contributed by atoms with Crippen molar-refractivity contribution in [3.8, 4) is 5.75 Å². The minimum absolute atomic E-state index is 0.00929. The molecule has 1 aromatic rings. The van der Waals surface area contributed by atoms with E-state index in [0.717, 1.165) is 0 Å². The van der Waals surface area contributed by atoms with Crippen LogP contribution in [0, 0.1) is 0 Å². The monoisotopic (exact) mass is 245 g/mol. The molecule has 0 spiro atoms. The summed E-state index contributed by atoms with van der Waals surface area (Å²) in [7, 11) is 0. The van der Waals surface area contributed by atoms with Crippen molar-refractivity contribution < 1.29 is 5.11 Å². The maximum Gasteiger partial charge on any atom is 0.255 e. The van der Waals surface area contributed by atoms with Gasteiger partial charge in [-0.15, -0.1) is 0 Å². The van der Waals surface area contributed by atoms with Gasteiger partial charge in [0.05, 0.1) is 11.3 Å². The fraction of sp³-hybridized carbons (Fsp3) is 0.267. The largest absolute Gasteiger partial charge is 0.507 e. The molecule has 0 aliphatic heterocycles. The van der Waals surface area contributed by atoms with Crippen LogP contribution < -0.4 is 5.56 Å². The van der Waals surface area contributed by atoms with Gasteiger partial charge in [0, 0.05) is 5.56 Å². The van der Waals surface area contributed by atoms with Crippen LogP contribution in [0.15, 0.2) is 30.1 Å². The molecular weight excluding hydrogens is 226 g/mol. The van der Waals surface area contributed by atoms with Crippen LogP contribution >= 0.6 is 0 Å². The second-order valence-corrected chi connectivity index (χ2v) is 5.05. The van der Waals surface area contributed by atoms with Crippen LogP contribution in [-0.4, -0.2) is 10.1 Å². The van der Waals surface area contributed by atoms with Crippen LogP contribution in [0.4, 0.5) is 0 Å². The van der Waals surface area contributed by atoms with E-state index in [9.17, 15) is 9.90 Å². The molecule has 0 atom stereocenters. The SMILES string of the molecule is C=C/C=C\c1[nH]c(=O)c(C(C)(C)C)c(O)c1C=C. The summed E-state index contributed by atoms with van der Waals surface area (Å²) >= 11 is 0. The van der Waals surface area contributed by atoms with E-state index in [1.54, 1.807) is 18.2 Å². The van der Waals surface area contributed by atoms with Crippen LogP contribution in [0.25, 0.3) is 12.2 Å². The van der Waals surface area contributed by atoms with Crippen molar-refractivity contribution in [2.75, 3.05) is 0 Å². The maximum absolute atomic E-state index is 12.0. The summed E-state index contributed by atoms with van der Waals surface area (Å²) < 4.78 is 0. The van der Waals surface area contributed by atoms with Crippen molar-refractivity contribution in [1.29, 1.82) is 0 Å². The molecule has 96 valence electrons. The molecule has 3 nitrogen and oxygen atoms in total. The predicted octanol–water partition coefficient (Wildman–Crippen LogP) is 3.22. The first-order chi connectivity index (χ1) is 8.32. The van der Waals surface area contributed by atoms with Gasteiger partial charge in [-0.05, 0) is 11.5 Å². The van der Waals surface area contributed by atoms with Gasteiger partial charge in [0.1, 0.15) is 5.75 Å². The topological polar surface area (TPSA) is 53.1 Å². The normalized spacial score (nSPS) is 11.7. The predicted molar refractivity (Wildman–Crippen MR) is 76.7 cm³/mol. The quantitative estimate of drug-likeness (QED) is 0.803. The molecule has 0 radical (unpaired) electrons. The van der Waals surface area contributed by atoms with Gasteiger partial charge in [-0.3, -0.25) is 4.79 Å². The molecule has 0 amide bonds. The van der Waals surface area contributed by atoms with Gasteiger partial charge >= 0.3 is 0 Å². The van der Waals surface area contributed by atoms with E-state index in [1.165, 1.54) is 6.08 Å². The van der Waals surface area contributed by atoms with E-state index < -0.39 is 5.41 Å². The average molecular weight is 245 g/mol. The average Bonchev–Trinajstić information content (AvgIpc) is 2.23. The number of hydrogen-bond donors (Lipinski definition) is 2. The van der Waals surface area contributed by atoms with Crippen LogP contribution in [0.1, 0.15) is 37.6 Å². The summed E-state index contributed by atoms with van der Waals surface area (Å²) in [6, 6.07) is 0. The van der Waals surface area contributed by atoms with E-state index in [4.69, 9.17) is 0 Å². The highest BCUT2D eigenvalue weighted by Crippen LogP contribution is 2.32. The zero-order valence-corrected chi connectivity index (χ0v) is 11.1. The molecule has 0 saturated carbocycles. The number of nitrogens with one attached hydrogen (secondary N) is 1. The highest BCUT2D eigenvalue weighted by molar-refractivity contribution is 5.68. The molecule has 0 bridgehead atoms. The summed E-state index contributed by atoms with van der Waals surface area (Å²) in [6.07, 6.45) is 6.50. The molecule has 0 aliphatic carbocycles. The molecule has 18 heavy (non-hydrogen) atoms. The first-order valence-electron chi connectivity index (χ1n) is 5.74. The Hall–Kier alpha value is -2.03. The molecule has 0 aromatic carbocycles. The van der Waals surface area contributed by atoms with Gasteiger partial charge in [0.2, 0.25) is 0 Å². The van der Waals surface area contributed by atoms with Crippen molar-refractivity contribution in [1.82, 2.24) is 4.98 Å². The van der Waals surface area contributed by atoms with Crippen LogP contribution in [0.3, 0.4) is 0 Å². The van der Waals surface area contributed by atoms with Crippen molar-refractivity contribution in [2.45, 2.75) is 26.2 Å². The first-order valence-corrected chi connectivity index (χ1v) is 5.74. The summed E-state index contributed by atoms with van der Waals surface area (Å²) in [6.45, 7) is 12.9. The van der Waals surface area contributed by atoms with Gasteiger partial charge in [-0.2, -0.15) is 0 Å². The second-order valence-electron chi connectivity index (χ2n) is 5.05. The number of hydrogen-bond acceptors (Lipinski definition) is 2. The minimum atomic E-state index is -0.434. The van der Waals surface area contributed by atoms with Crippen molar-refractivity contribution >= 4 is 12.2 Å². The van der Waals surface area contributed by atoms with Gasteiger partial charge in [-0.1, -0.05) is 52.2 Å². The lowest BCUT2D eigenvalue weighted by atomic mass is 9.86. The lowest BCUT2D eigenvalue weighted by molar-refractivity contribution is 0.441.